The molecule has 58 heavy (non-hydrogen) atoms. The Labute approximate surface area is 341 Å². The van der Waals surface area contributed by atoms with Crippen LogP contribution in [0.3, 0.4) is 0 Å². The quantitative estimate of drug-likeness (QED) is 0.140. The first-order valence-electron chi connectivity index (χ1n) is 19.0. The molecule has 3 atom stereocenters. The zero-order chi connectivity index (χ0) is 40.8. The lowest BCUT2D eigenvalue weighted by molar-refractivity contribution is -0.121. The largest absolute Gasteiger partial charge is 0.378 e. The van der Waals surface area contributed by atoms with Crippen molar-refractivity contribution in [1.82, 2.24) is 9.97 Å². The summed E-state index contributed by atoms with van der Waals surface area (Å²) in [7, 11) is 7.92. The van der Waals surface area contributed by atoms with Gasteiger partial charge in [0.15, 0.2) is 21.9 Å². The fraction of sp³-hybridized carbons (Fsp3) is 0.333. The number of carbonyl (C=O) groups is 2. The fourth-order valence-electron chi connectivity index (χ4n) is 7.86. The summed E-state index contributed by atoms with van der Waals surface area (Å²) < 4.78 is 57.2. The number of anilines is 6. The third-order valence-electron chi connectivity index (χ3n) is 10.9. The number of aromatic nitrogens is 2. The molecule has 0 saturated carbocycles. The summed E-state index contributed by atoms with van der Waals surface area (Å²) in [5.74, 6) is -4.36. The van der Waals surface area contributed by atoms with Crippen LogP contribution in [-0.2, 0) is 9.59 Å². The summed E-state index contributed by atoms with van der Waals surface area (Å²) in [4.78, 5) is 44.6. The number of amides is 2. The van der Waals surface area contributed by atoms with Gasteiger partial charge in [-0.05, 0) is 79.4 Å². The number of halogens is 4. The highest BCUT2D eigenvalue weighted by atomic mass is 32.1. The topological polar surface area (TPSA) is 96.9 Å². The summed E-state index contributed by atoms with van der Waals surface area (Å²) in [6, 6.07) is 18.6. The minimum absolute atomic E-state index is 0.0140. The average Bonchev–Trinajstić information content (AvgIpc) is 3.81. The van der Waals surface area contributed by atoms with Gasteiger partial charge in [0.2, 0.25) is 11.8 Å². The Balaban J connectivity index is 1.06. The molecule has 0 spiro atoms. The van der Waals surface area contributed by atoms with Gasteiger partial charge in [-0.1, -0.05) is 22.7 Å². The highest BCUT2D eigenvalue weighted by Crippen LogP contribution is 2.39. The Morgan fingerprint density at radius 1 is 0.672 bits per heavy atom. The Bertz CT molecular complexity index is 2510. The predicted octanol–water partition coefficient (Wildman–Crippen LogP) is 8.70. The summed E-state index contributed by atoms with van der Waals surface area (Å²) in [5.41, 5.74) is 5.03. The van der Waals surface area contributed by atoms with E-state index in [2.05, 4.69) is 60.7 Å². The summed E-state index contributed by atoms with van der Waals surface area (Å²) >= 11 is 2.07. The molecule has 2 aliphatic rings. The molecule has 0 aliphatic carbocycles. The van der Waals surface area contributed by atoms with E-state index in [1.54, 1.807) is 0 Å². The standard InChI is InChI=1S/C42H42F4N8O2S2/c1-51(2)29-7-9-30(10-8-29)54-21-25(12-26(22-54)40(56)50-42-48-38-34(46)16-28(44)18-36(38)58-42)24-13-31(52(3)4)19-32(14-24)53-11-5-6-23(20-53)39(55)49-41-47-37-33(45)15-27(43)17-35(37)57-41/h7-10,13-19,23,25-26H,5-6,11-12,20-22H2,1-4H3,(H,47,49,55)(H,48,50,56). The summed E-state index contributed by atoms with van der Waals surface area (Å²) in [6.45, 7) is 2.27. The number of benzene rings is 4. The maximum absolute atomic E-state index is 14.5. The number of nitrogens with zero attached hydrogens (tertiary/aromatic N) is 6. The molecule has 2 fully saturated rings. The van der Waals surface area contributed by atoms with Gasteiger partial charge in [0.25, 0.3) is 0 Å². The van der Waals surface area contributed by atoms with Gasteiger partial charge in [0.1, 0.15) is 22.7 Å². The van der Waals surface area contributed by atoms with Crippen molar-refractivity contribution in [2.45, 2.75) is 25.2 Å². The molecule has 0 bridgehead atoms. The van der Waals surface area contributed by atoms with E-state index in [-0.39, 0.29) is 44.9 Å². The van der Waals surface area contributed by atoms with E-state index in [0.717, 1.165) is 76.1 Å². The van der Waals surface area contributed by atoms with Crippen LogP contribution in [0.15, 0.2) is 66.7 Å². The van der Waals surface area contributed by atoms with E-state index in [1.165, 1.54) is 12.1 Å². The Hall–Kier alpha value is -5.48. The van der Waals surface area contributed by atoms with Crippen molar-refractivity contribution in [3.05, 3.63) is 95.6 Å². The first-order chi connectivity index (χ1) is 27.8. The van der Waals surface area contributed by atoms with Gasteiger partial charge < -0.3 is 30.2 Å². The van der Waals surface area contributed by atoms with Gasteiger partial charge in [0.05, 0.1) is 21.2 Å². The fourth-order valence-corrected chi connectivity index (χ4v) is 9.68. The van der Waals surface area contributed by atoms with Crippen LogP contribution in [0.2, 0.25) is 0 Å². The molecular formula is C42H42F4N8O2S2. The molecule has 0 radical (unpaired) electrons. The molecule has 6 aromatic rings. The zero-order valence-corrected chi connectivity index (χ0v) is 34.0. The number of piperidine rings is 2. The number of fused-ring (bicyclic) bond motifs is 2. The molecule has 3 unspecified atom stereocenters. The molecule has 2 N–H and O–H groups in total. The van der Waals surface area contributed by atoms with Gasteiger partial charge in [-0.15, -0.1) is 0 Å². The SMILES string of the molecule is CN(C)c1ccc(N2CC(C(=O)Nc3nc4c(F)cc(F)cc4s3)CC(c3cc(N(C)C)cc(N4CCCC(C(=O)Nc5nc6c(F)cc(F)cc6s5)C4)c3)C2)cc1. The van der Waals surface area contributed by atoms with Crippen LogP contribution in [0.25, 0.3) is 20.4 Å². The maximum Gasteiger partial charge on any atom is 0.231 e. The Morgan fingerprint density at radius 2 is 1.24 bits per heavy atom. The molecule has 2 aromatic heterocycles. The van der Waals surface area contributed by atoms with Crippen LogP contribution >= 0.6 is 22.7 Å². The molecular weight excluding hydrogens is 789 g/mol. The number of hydrogen-bond acceptors (Lipinski definition) is 10. The first kappa shape index (κ1) is 39.4. The molecule has 2 saturated heterocycles. The summed E-state index contributed by atoms with van der Waals surface area (Å²) in [6.07, 6.45) is 1.96. The van der Waals surface area contributed by atoms with Gasteiger partial charge in [0, 0.05) is 95.2 Å². The van der Waals surface area contributed by atoms with Crippen molar-refractivity contribution >= 4 is 87.9 Å². The second kappa shape index (κ2) is 16.0. The van der Waals surface area contributed by atoms with Crippen LogP contribution in [0.5, 0.6) is 0 Å². The number of thiazole rings is 2. The third-order valence-corrected chi connectivity index (χ3v) is 12.7. The van der Waals surface area contributed by atoms with Gasteiger partial charge in [-0.2, -0.15) is 0 Å². The maximum atomic E-state index is 14.5. The Kier molecular flexibility index (Phi) is 10.9. The molecule has 16 heteroatoms. The molecule has 2 aliphatic heterocycles. The average molecular weight is 831 g/mol. The van der Waals surface area contributed by atoms with E-state index >= 15 is 0 Å². The first-order valence-corrected chi connectivity index (χ1v) is 20.6. The molecule has 4 heterocycles. The van der Waals surface area contributed by atoms with Crippen molar-refractivity contribution in [2.75, 3.05) is 84.6 Å². The van der Waals surface area contributed by atoms with Crippen LogP contribution in [0, 0.1) is 35.1 Å². The van der Waals surface area contributed by atoms with Crippen LogP contribution in [0.1, 0.15) is 30.7 Å². The lowest BCUT2D eigenvalue weighted by Crippen LogP contribution is -2.44. The summed E-state index contributed by atoms with van der Waals surface area (Å²) in [5, 5.41) is 6.18. The van der Waals surface area contributed by atoms with Crippen molar-refractivity contribution < 1.29 is 27.2 Å². The minimum Gasteiger partial charge on any atom is -0.378 e. The van der Waals surface area contributed by atoms with Crippen LogP contribution in [0.4, 0.5) is 50.6 Å². The van der Waals surface area contributed by atoms with E-state index in [9.17, 15) is 27.2 Å². The van der Waals surface area contributed by atoms with Crippen molar-refractivity contribution in [3.63, 3.8) is 0 Å². The Morgan fingerprint density at radius 3 is 1.83 bits per heavy atom. The molecule has 4 aromatic carbocycles. The zero-order valence-electron chi connectivity index (χ0n) is 32.4. The van der Waals surface area contributed by atoms with Crippen molar-refractivity contribution in [1.29, 1.82) is 0 Å². The normalized spacial score (nSPS) is 18.4. The molecule has 10 nitrogen and oxygen atoms in total. The molecule has 302 valence electrons. The van der Waals surface area contributed by atoms with Gasteiger partial charge in [-0.25, -0.2) is 27.5 Å². The van der Waals surface area contributed by atoms with E-state index < -0.39 is 29.2 Å². The van der Waals surface area contributed by atoms with Crippen molar-refractivity contribution in [2.24, 2.45) is 11.8 Å². The number of carbonyl (C=O) groups excluding carboxylic acids is 2. The van der Waals surface area contributed by atoms with Crippen LogP contribution in [-0.4, -0.2) is 76.2 Å². The third kappa shape index (κ3) is 8.25. The van der Waals surface area contributed by atoms with Crippen molar-refractivity contribution in [3.8, 4) is 0 Å². The van der Waals surface area contributed by atoms with E-state index in [4.69, 9.17) is 0 Å². The highest BCUT2D eigenvalue weighted by molar-refractivity contribution is 7.22. The number of nitrogens with one attached hydrogen (secondary N) is 2. The molecule has 8 rings (SSSR count). The van der Waals surface area contributed by atoms with E-state index in [1.807, 2.05) is 50.1 Å². The number of rotatable bonds is 9. The van der Waals surface area contributed by atoms with E-state index in [0.29, 0.717) is 41.9 Å². The minimum atomic E-state index is -0.781. The second-order valence-corrected chi connectivity index (χ2v) is 17.5. The predicted molar refractivity (Wildman–Crippen MR) is 226 cm³/mol. The lowest BCUT2D eigenvalue weighted by atomic mass is 9.83. The lowest BCUT2D eigenvalue weighted by Gasteiger charge is -2.40. The smallest absolute Gasteiger partial charge is 0.231 e. The van der Waals surface area contributed by atoms with Gasteiger partial charge >= 0.3 is 0 Å². The van der Waals surface area contributed by atoms with Crippen LogP contribution < -0.4 is 30.2 Å². The molecule has 2 amide bonds. The highest BCUT2D eigenvalue weighted by Gasteiger charge is 2.35. The monoisotopic (exact) mass is 830 g/mol. The number of hydrogen-bond donors (Lipinski definition) is 2. The van der Waals surface area contributed by atoms with Gasteiger partial charge in [-0.3, -0.25) is 9.59 Å². The second-order valence-electron chi connectivity index (χ2n) is 15.4.